The average Bonchev–Trinajstić information content (AvgIpc) is 3.25. The van der Waals surface area contributed by atoms with E-state index in [9.17, 15) is 4.79 Å². The second-order valence-corrected chi connectivity index (χ2v) is 14.5. The van der Waals surface area contributed by atoms with Crippen molar-refractivity contribution in [3.8, 4) is 11.5 Å². The molecule has 30 heavy (non-hydrogen) atoms. The smallest absolute Gasteiger partial charge is 0.330 e. The highest BCUT2D eigenvalue weighted by Gasteiger charge is 2.31. The lowest BCUT2D eigenvalue weighted by molar-refractivity contribution is 0.174. The first-order valence-corrected chi connectivity index (χ1v) is 13.8. The Kier molecular flexibility index (Phi) is 4.39. The van der Waals surface area contributed by atoms with Gasteiger partial charge in [0.05, 0.1) is 6.20 Å². The first-order chi connectivity index (χ1) is 14.3. The molecular weight excluding hydrogens is 398 g/mol. The lowest BCUT2D eigenvalue weighted by atomic mass is 10.1. The van der Waals surface area contributed by atoms with Crippen molar-refractivity contribution in [2.75, 3.05) is 12.1 Å². The molecule has 158 valence electrons. The normalized spacial score (nSPS) is 18.1. The molecule has 0 atom stereocenters. The largest absolute Gasteiger partial charge is 0.454 e. The molecule has 0 saturated carbocycles. The first kappa shape index (κ1) is 19.2. The van der Waals surface area contributed by atoms with Gasteiger partial charge in [0, 0.05) is 32.9 Å². The number of aryl methyl sites for hydroxylation is 2. The van der Waals surface area contributed by atoms with Crippen LogP contribution in [-0.2, 0) is 7.05 Å². The molecule has 5 rings (SSSR count). The maximum atomic E-state index is 13.0. The van der Waals surface area contributed by atoms with E-state index in [1.807, 2.05) is 23.6 Å². The Morgan fingerprint density at radius 3 is 2.60 bits per heavy atom. The maximum absolute atomic E-state index is 13.0. The van der Waals surface area contributed by atoms with Crippen molar-refractivity contribution < 1.29 is 9.47 Å². The van der Waals surface area contributed by atoms with Crippen LogP contribution in [-0.4, -0.2) is 34.0 Å². The monoisotopic (exact) mass is 425 g/mol. The highest BCUT2D eigenvalue weighted by molar-refractivity contribution is 6.77. The van der Waals surface area contributed by atoms with E-state index in [2.05, 4.69) is 23.4 Å². The van der Waals surface area contributed by atoms with E-state index in [1.165, 1.54) is 12.1 Å². The van der Waals surface area contributed by atoms with Crippen LogP contribution in [0.1, 0.15) is 24.4 Å². The van der Waals surface area contributed by atoms with Gasteiger partial charge in [-0.05, 0) is 31.4 Å². The maximum Gasteiger partial charge on any atom is 0.330 e. The number of nitrogens with one attached hydrogen (secondary N) is 1. The molecule has 1 fully saturated rings. The molecule has 2 aliphatic rings. The Bertz CT molecular complexity index is 1190. The van der Waals surface area contributed by atoms with Gasteiger partial charge in [0.2, 0.25) is 12.7 Å². The summed E-state index contributed by atoms with van der Waals surface area (Å²) in [6.45, 7) is 7.10. The van der Waals surface area contributed by atoms with E-state index in [1.54, 1.807) is 17.8 Å². The Morgan fingerprint density at radius 1 is 1.17 bits per heavy atom. The van der Waals surface area contributed by atoms with Crippen LogP contribution in [0.2, 0.25) is 25.2 Å². The minimum atomic E-state index is -1.11. The standard InChI is InChI=1S/C21H27N5O3Si/c1-13-9-17-18(29-12-28-17)10-15(13)23-20-22-11-16-19(24-20)26(21(27)25(16)2)14-5-7-30(3,4)8-6-14/h9-11,14H,5-8,12H2,1-4H3,(H,22,23,24). The molecule has 2 aliphatic heterocycles. The Balaban J connectivity index is 1.52. The Hall–Kier alpha value is -2.81. The van der Waals surface area contributed by atoms with Crippen LogP contribution in [0, 0.1) is 6.92 Å². The molecule has 1 N–H and O–H groups in total. The van der Waals surface area contributed by atoms with E-state index in [4.69, 9.17) is 14.5 Å². The highest BCUT2D eigenvalue weighted by Crippen LogP contribution is 2.38. The quantitative estimate of drug-likeness (QED) is 0.640. The second-order valence-electron chi connectivity index (χ2n) is 9.15. The second kappa shape index (κ2) is 6.87. The van der Waals surface area contributed by atoms with Gasteiger partial charge in [0.1, 0.15) is 5.52 Å². The van der Waals surface area contributed by atoms with Gasteiger partial charge in [-0.1, -0.05) is 25.2 Å². The molecule has 2 aromatic heterocycles. The van der Waals surface area contributed by atoms with Crippen molar-refractivity contribution in [1.82, 2.24) is 19.1 Å². The van der Waals surface area contributed by atoms with Gasteiger partial charge in [-0.25, -0.2) is 9.78 Å². The number of hydrogen-bond acceptors (Lipinski definition) is 6. The van der Waals surface area contributed by atoms with Crippen molar-refractivity contribution in [3.63, 3.8) is 0 Å². The van der Waals surface area contributed by atoms with Gasteiger partial charge in [-0.2, -0.15) is 4.98 Å². The Labute approximate surface area is 175 Å². The van der Waals surface area contributed by atoms with E-state index in [0.717, 1.165) is 35.4 Å². The molecule has 1 saturated heterocycles. The summed E-state index contributed by atoms with van der Waals surface area (Å²) in [6, 6.07) is 6.53. The number of anilines is 2. The molecule has 0 amide bonds. The van der Waals surface area contributed by atoms with Gasteiger partial charge in [0.15, 0.2) is 17.1 Å². The number of rotatable bonds is 3. The van der Waals surface area contributed by atoms with Crippen LogP contribution in [0.3, 0.4) is 0 Å². The van der Waals surface area contributed by atoms with Crippen LogP contribution < -0.4 is 20.5 Å². The summed E-state index contributed by atoms with van der Waals surface area (Å²) in [5, 5.41) is 3.29. The molecule has 3 aromatic rings. The molecule has 1 aromatic carbocycles. The number of benzene rings is 1. The van der Waals surface area contributed by atoms with E-state index in [-0.39, 0.29) is 18.5 Å². The first-order valence-electron chi connectivity index (χ1n) is 10.4. The molecule has 9 heteroatoms. The predicted octanol–water partition coefficient (Wildman–Crippen LogP) is 3.95. The topological polar surface area (TPSA) is 83.2 Å². The van der Waals surface area contributed by atoms with E-state index in [0.29, 0.717) is 17.3 Å². The van der Waals surface area contributed by atoms with Gasteiger partial charge >= 0.3 is 5.69 Å². The summed E-state index contributed by atoms with van der Waals surface area (Å²) >= 11 is 0. The number of nitrogens with zero attached hydrogens (tertiary/aromatic N) is 4. The van der Waals surface area contributed by atoms with Crippen LogP contribution in [0.25, 0.3) is 11.2 Å². The van der Waals surface area contributed by atoms with Crippen molar-refractivity contribution >= 4 is 30.9 Å². The lowest BCUT2D eigenvalue weighted by Crippen LogP contribution is -2.35. The van der Waals surface area contributed by atoms with Crippen LogP contribution in [0.5, 0.6) is 11.5 Å². The number of fused-ring (bicyclic) bond motifs is 2. The molecule has 0 spiro atoms. The predicted molar refractivity (Wildman–Crippen MR) is 119 cm³/mol. The van der Waals surface area contributed by atoms with Crippen LogP contribution in [0.15, 0.2) is 23.1 Å². The zero-order chi connectivity index (χ0) is 21.0. The third-order valence-corrected chi connectivity index (χ3v) is 9.76. The summed E-state index contributed by atoms with van der Waals surface area (Å²) in [7, 11) is 0.683. The number of hydrogen-bond donors (Lipinski definition) is 1. The molecule has 4 heterocycles. The highest BCUT2D eigenvalue weighted by atomic mass is 28.3. The minimum Gasteiger partial charge on any atom is -0.454 e. The molecular formula is C21H27N5O3Si. The van der Waals surface area contributed by atoms with Gasteiger partial charge in [0.25, 0.3) is 0 Å². The van der Waals surface area contributed by atoms with Crippen molar-refractivity contribution in [1.29, 1.82) is 0 Å². The van der Waals surface area contributed by atoms with Gasteiger partial charge in [-0.15, -0.1) is 0 Å². The third-order valence-electron chi connectivity index (χ3n) is 6.47. The molecule has 0 aliphatic carbocycles. The zero-order valence-electron chi connectivity index (χ0n) is 17.9. The third kappa shape index (κ3) is 3.17. The van der Waals surface area contributed by atoms with Crippen molar-refractivity contribution in [2.24, 2.45) is 7.05 Å². The van der Waals surface area contributed by atoms with E-state index < -0.39 is 8.07 Å². The fourth-order valence-electron chi connectivity index (χ4n) is 4.47. The summed E-state index contributed by atoms with van der Waals surface area (Å²) in [5.41, 5.74) is 3.31. The summed E-state index contributed by atoms with van der Waals surface area (Å²) in [6.07, 6.45) is 3.82. The summed E-state index contributed by atoms with van der Waals surface area (Å²) < 4.78 is 14.5. The van der Waals surface area contributed by atoms with Crippen molar-refractivity contribution in [2.45, 2.75) is 51.0 Å². The Morgan fingerprint density at radius 2 is 1.87 bits per heavy atom. The lowest BCUT2D eigenvalue weighted by Gasteiger charge is -2.33. The minimum absolute atomic E-state index is 0.0120. The summed E-state index contributed by atoms with van der Waals surface area (Å²) in [4.78, 5) is 22.2. The van der Waals surface area contributed by atoms with Gasteiger partial charge < -0.3 is 14.8 Å². The van der Waals surface area contributed by atoms with Gasteiger partial charge in [-0.3, -0.25) is 9.13 Å². The molecule has 0 unspecified atom stereocenters. The number of ether oxygens (including phenoxy) is 2. The molecule has 0 bridgehead atoms. The van der Waals surface area contributed by atoms with Crippen LogP contribution >= 0.6 is 0 Å². The van der Waals surface area contributed by atoms with E-state index >= 15 is 0 Å². The number of imidazole rings is 1. The molecule has 0 radical (unpaired) electrons. The summed E-state index contributed by atoms with van der Waals surface area (Å²) in [5.74, 6) is 1.92. The van der Waals surface area contributed by atoms with Crippen LogP contribution in [0.4, 0.5) is 11.6 Å². The van der Waals surface area contributed by atoms with Crippen molar-refractivity contribution in [3.05, 3.63) is 34.4 Å². The fourth-order valence-corrected chi connectivity index (χ4v) is 6.95. The average molecular weight is 426 g/mol. The fraction of sp³-hybridized carbons (Fsp3) is 0.476. The molecule has 8 nitrogen and oxygen atoms in total. The number of aromatic nitrogens is 4. The SMILES string of the molecule is Cc1cc2c(cc1Nc1ncc3c(n1)n(C1CC[Si](C)(C)CC1)c(=O)n3C)OCO2. The zero-order valence-corrected chi connectivity index (χ0v) is 18.9.